The Kier molecular flexibility index (Phi) is 14.1. The average Bonchev–Trinajstić information content (AvgIpc) is 2.29. The zero-order valence-electron chi connectivity index (χ0n) is 9.90. The van der Waals surface area contributed by atoms with E-state index in [1.807, 2.05) is 12.2 Å². The Labute approximate surface area is 121 Å². The minimum absolute atomic E-state index is 0.203. The van der Waals surface area contributed by atoms with Crippen molar-refractivity contribution in [3.05, 3.63) is 24.3 Å². The first-order valence-electron chi connectivity index (χ1n) is 5.32. The summed E-state index contributed by atoms with van der Waals surface area (Å²) in [6.45, 7) is 0. The maximum absolute atomic E-state index is 10.3. The molecule has 18 heavy (non-hydrogen) atoms. The number of hydrogen-bond acceptors (Lipinski definition) is 4. The van der Waals surface area contributed by atoms with Crippen molar-refractivity contribution >= 4 is 43.7 Å². The lowest BCUT2D eigenvalue weighted by Crippen LogP contribution is -1.89. The predicted octanol–water partition coefficient (Wildman–Crippen LogP) is 2.70. The summed E-state index contributed by atoms with van der Waals surface area (Å²) in [4.78, 5) is 0. The standard InChI is InChI=1S/C10H18O4S4/c11-17(12)9-5-1-3-7-15-16-8-4-2-6-10-18(13)14/h1-2,5-6H,3-4,7-10H2,(H,11,12)(H,13,14). The third-order valence-corrected chi connectivity index (χ3v) is 5.06. The maximum Gasteiger partial charge on any atom is 0.156 e. The highest BCUT2D eigenvalue weighted by molar-refractivity contribution is 8.76. The van der Waals surface area contributed by atoms with Gasteiger partial charge in [0.2, 0.25) is 0 Å². The van der Waals surface area contributed by atoms with Crippen LogP contribution in [-0.4, -0.2) is 40.5 Å². The molecule has 106 valence electrons. The maximum atomic E-state index is 10.3. The second kappa shape index (κ2) is 13.8. The lowest BCUT2D eigenvalue weighted by atomic mass is 10.4. The van der Waals surface area contributed by atoms with Crippen LogP contribution in [0.5, 0.6) is 0 Å². The van der Waals surface area contributed by atoms with Crippen molar-refractivity contribution in [1.82, 2.24) is 0 Å². The smallest absolute Gasteiger partial charge is 0.156 e. The molecule has 0 aromatic carbocycles. The van der Waals surface area contributed by atoms with E-state index in [0.717, 1.165) is 24.3 Å². The first-order valence-corrected chi connectivity index (χ1v) is 10.4. The van der Waals surface area contributed by atoms with Crippen molar-refractivity contribution in [2.45, 2.75) is 12.8 Å². The first-order chi connectivity index (χ1) is 8.63. The van der Waals surface area contributed by atoms with Gasteiger partial charge in [-0.15, -0.1) is 0 Å². The van der Waals surface area contributed by atoms with E-state index < -0.39 is 22.2 Å². The third-order valence-electron chi connectivity index (χ3n) is 1.63. The van der Waals surface area contributed by atoms with Gasteiger partial charge in [-0.2, -0.15) is 0 Å². The minimum atomic E-state index is -1.73. The molecule has 0 heterocycles. The molecule has 0 rings (SSSR count). The molecule has 0 bridgehead atoms. The van der Waals surface area contributed by atoms with Crippen LogP contribution >= 0.6 is 21.6 Å². The Bertz CT molecular complexity index is 274. The molecule has 4 nitrogen and oxygen atoms in total. The fraction of sp³-hybridized carbons (Fsp3) is 0.600. The van der Waals surface area contributed by atoms with Gasteiger partial charge in [0.15, 0.2) is 22.2 Å². The van der Waals surface area contributed by atoms with Crippen LogP contribution in [0.25, 0.3) is 0 Å². The fourth-order valence-corrected chi connectivity index (χ4v) is 3.47. The van der Waals surface area contributed by atoms with Gasteiger partial charge in [0, 0.05) is 11.5 Å². The van der Waals surface area contributed by atoms with Gasteiger partial charge in [0.1, 0.15) is 0 Å². The topological polar surface area (TPSA) is 74.6 Å². The van der Waals surface area contributed by atoms with Crippen LogP contribution in [0, 0.1) is 0 Å². The Balaban J connectivity index is 3.21. The van der Waals surface area contributed by atoms with E-state index in [9.17, 15) is 8.42 Å². The monoisotopic (exact) mass is 330 g/mol. The number of hydrogen-bond donors (Lipinski definition) is 2. The zero-order chi connectivity index (χ0) is 13.6. The quantitative estimate of drug-likeness (QED) is 0.263. The summed E-state index contributed by atoms with van der Waals surface area (Å²) in [7, 11) is 3.52. The van der Waals surface area contributed by atoms with E-state index in [0.29, 0.717) is 0 Å². The summed E-state index contributed by atoms with van der Waals surface area (Å²) >= 11 is -3.46. The van der Waals surface area contributed by atoms with Crippen molar-refractivity contribution in [3.8, 4) is 0 Å². The van der Waals surface area contributed by atoms with E-state index in [2.05, 4.69) is 0 Å². The second-order valence-corrected chi connectivity index (χ2v) is 7.80. The molecule has 2 atom stereocenters. The summed E-state index contributed by atoms with van der Waals surface area (Å²) in [6.07, 6.45) is 9.07. The molecule has 2 unspecified atom stereocenters. The molecule has 0 aromatic heterocycles. The predicted molar refractivity (Wildman–Crippen MR) is 83.7 cm³/mol. The number of rotatable bonds is 11. The van der Waals surface area contributed by atoms with Gasteiger partial charge in [-0.3, -0.25) is 0 Å². The van der Waals surface area contributed by atoms with Crippen LogP contribution in [-0.2, 0) is 22.2 Å². The lowest BCUT2D eigenvalue weighted by molar-refractivity contribution is 0.566. The normalized spacial score (nSPS) is 15.4. The molecule has 0 amide bonds. The summed E-state index contributed by atoms with van der Waals surface area (Å²) in [5.74, 6) is 2.36. The zero-order valence-corrected chi connectivity index (χ0v) is 13.2. The molecular formula is C10H18O4S4. The third kappa shape index (κ3) is 16.4. The van der Waals surface area contributed by atoms with Crippen LogP contribution < -0.4 is 0 Å². The van der Waals surface area contributed by atoms with E-state index >= 15 is 0 Å². The van der Waals surface area contributed by atoms with Gasteiger partial charge in [-0.05, 0) is 12.8 Å². The van der Waals surface area contributed by atoms with Gasteiger partial charge in [-0.25, -0.2) is 8.42 Å². The van der Waals surface area contributed by atoms with Crippen LogP contribution in [0.3, 0.4) is 0 Å². The van der Waals surface area contributed by atoms with Gasteiger partial charge in [0.25, 0.3) is 0 Å². The van der Waals surface area contributed by atoms with E-state index in [1.54, 1.807) is 33.7 Å². The molecule has 0 saturated heterocycles. The summed E-state index contributed by atoms with van der Waals surface area (Å²) < 4.78 is 37.6. The Hall–Kier alpha value is 0.400. The highest BCUT2D eigenvalue weighted by Crippen LogP contribution is 2.22. The highest BCUT2D eigenvalue weighted by Gasteiger charge is 1.90. The molecule has 0 aliphatic carbocycles. The second-order valence-electron chi connectivity index (χ2n) is 3.14. The van der Waals surface area contributed by atoms with E-state index in [1.165, 1.54) is 0 Å². The Morgan fingerprint density at radius 2 is 1.17 bits per heavy atom. The minimum Gasteiger partial charge on any atom is -0.306 e. The largest absolute Gasteiger partial charge is 0.306 e. The molecule has 8 heteroatoms. The molecule has 2 N–H and O–H groups in total. The molecule has 0 aromatic rings. The molecule has 0 aliphatic rings. The fourth-order valence-electron chi connectivity index (χ4n) is 0.887. The van der Waals surface area contributed by atoms with Gasteiger partial charge >= 0.3 is 0 Å². The van der Waals surface area contributed by atoms with Gasteiger partial charge in [-0.1, -0.05) is 45.9 Å². The molecule has 0 radical (unpaired) electrons. The lowest BCUT2D eigenvalue weighted by Gasteiger charge is -1.96. The van der Waals surface area contributed by atoms with E-state index in [-0.39, 0.29) is 11.5 Å². The van der Waals surface area contributed by atoms with E-state index in [4.69, 9.17) is 9.11 Å². The summed E-state index contributed by atoms with van der Waals surface area (Å²) in [6, 6.07) is 0. The molecular weight excluding hydrogens is 312 g/mol. The Morgan fingerprint density at radius 1 is 0.778 bits per heavy atom. The van der Waals surface area contributed by atoms with Crippen LogP contribution in [0.15, 0.2) is 24.3 Å². The SMILES string of the molecule is O=S(O)CC=CCCSSCCC=CCS(=O)O. The highest BCUT2D eigenvalue weighted by atomic mass is 33.1. The molecule has 0 saturated carbocycles. The molecule has 0 aliphatic heterocycles. The van der Waals surface area contributed by atoms with Crippen molar-refractivity contribution in [1.29, 1.82) is 0 Å². The van der Waals surface area contributed by atoms with Crippen molar-refractivity contribution in [3.63, 3.8) is 0 Å². The number of allylic oxidation sites excluding steroid dienone is 2. The average molecular weight is 331 g/mol. The summed E-state index contributed by atoms with van der Waals surface area (Å²) in [5.41, 5.74) is 0. The first kappa shape index (κ1) is 18.4. The van der Waals surface area contributed by atoms with Crippen molar-refractivity contribution in [2.24, 2.45) is 0 Å². The summed E-state index contributed by atoms with van der Waals surface area (Å²) in [5, 5.41) is 0. The van der Waals surface area contributed by atoms with Crippen LogP contribution in [0.2, 0.25) is 0 Å². The van der Waals surface area contributed by atoms with Crippen molar-refractivity contribution < 1.29 is 17.5 Å². The van der Waals surface area contributed by atoms with Crippen LogP contribution in [0.4, 0.5) is 0 Å². The van der Waals surface area contributed by atoms with Gasteiger partial charge < -0.3 is 9.11 Å². The molecule has 0 spiro atoms. The van der Waals surface area contributed by atoms with Gasteiger partial charge in [0.05, 0.1) is 11.5 Å². The Morgan fingerprint density at radius 3 is 1.50 bits per heavy atom. The van der Waals surface area contributed by atoms with Crippen molar-refractivity contribution in [2.75, 3.05) is 23.0 Å². The molecule has 0 fully saturated rings. The van der Waals surface area contributed by atoms with Crippen LogP contribution in [0.1, 0.15) is 12.8 Å².